The van der Waals surface area contributed by atoms with Gasteiger partial charge in [-0.15, -0.1) is 0 Å². The summed E-state index contributed by atoms with van der Waals surface area (Å²) in [5, 5.41) is 4.99. The fourth-order valence-corrected chi connectivity index (χ4v) is 5.69. The Morgan fingerprint density at radius 1 is 0.308 bits per heavy atom. The van der Waals surface area contributed by atoms with E-state index in [0.29, 0.717) is 0 Å². The van der Waals surface area contributed by atoms with Gasteiger partial charge in [-0.25, -0.2) is 0 Å². The molecule has 0 saturated heterocycles. The van der Waals surface area contributed by atoms with Crippen molar-refractivity contribution in [1.29, 1.82) is 0 Å². The number of benzene rings is 7. The summed E-state index contributed by atoms with van der Waals surface area (Å²) in [7, 11) is 0. The van der Waals surface area contributed by atoms with Gasteiger partial charge in [0.15, 0.2) is 0 Å². The van der Waals surface area contributed by atoms with Crippen LogP contribution in [-0.2, 0) is 0 Å². The highest BCUT2D eigenvalue weighted by atomic mass is 15.1. The molecule has 0 spiro atoms. The third-order valence-corrected chi connectivity index (χ3v) is 7.42. The first-order chi connectivity index (χ1) is 19.4. The molecule has 0 atom stereocenters. The number of fused-ring (bicyclic) bond motifs is 3. The van der Waals surface area contributed by atoms with Gasteiger partial charge in [0.05, 0.1) is 5.69 Å². The van der Waals surface area contributed by atoms with Gasteiger partial charge < -0.3 is 4.90 Å². The van der Waals surface area contributed by atoms with Crippen molar-refractivity contribution in [2.24, 2.45) is 0 Å². The second-order valence-electron chi connectivity index (χ2n) is 9.77. The van der Waals surface area contributed by atoms with Crippen molar-refractivity contribution < 1.29 is 0 Å². The average molecular weight is 498 g/mol. The van der Waals surface area contributed by atoms with Gasteiger partial charge in [-0.2, -0.15) is 0 Å². The maximum Gasteiger partial charge on any atom is 0.0624 e. The maximum absolute atomic E-state index is 2.43. The summed E-state index contributed by atoms with van der Waals surface area (Å²) in [5.74, 6) is 0. The van der Waals surface area contributed by atoms with Crippen molar-refractivity contribution in [2.75, 3.05) is 4.90 Å². The molecule has 0 amide bonds. The van der Waals surface area contributed by atoms with Crippen LogP contribution in [0.1, 0.15) is 0 Å². The molecular formula is C38H27N. The van der Waals surface area contributed by atoms with Gasteiger partial charge in [-0.1, -0.05) is 140 Å². The molecule has 0 N–H and O–H groups in total. The van der Waals surface area contributed by atoms with Crippen LogP contribution in [0.2, 0.25) is 0 Å². The predicted octanol–water partition coefficient (Wildman–Crippen LogP) is 10.8. The average Bonchev–Trinajstić information content (AvgIpc) is 3.03. The van der Waals surface area contributed by atoms with Gasteiger partial charge in [0.2, 0.25) is 0 Å². The molecule has 0 aromatic heterocycles. The molecule has 0 heterocycles. The molecule has 0 bridgehead atoms. The highest BCUT2D eigenvalue weighted by Crippen LogP contribution is 2.49. The molecule has 7 aromatic carbocycles. The van der Waals surface area contributed by atoms with E-state index >= 15 is 0 Å². The molecule has 39 heavy (non-hydrogen) atoms. The third kappa shape index (κ3) is 4.15. The molecule has 1 nitrogen and oxygen atoms in total. The molecule has 0 saturated carbocycles. The lowest BCUT2D eigenvalue weighted by Crippen LogP contribution is -2.12. The minimum absolute atomic E-state index is 1.13. The molecule has 1 heteroatoms. The normalized spacial score (nSPS) is 11.1. The standard InChI is InChI=1S/C38H27N/c1-4-15-28(16-5-1)30-19-14-22-32(27-30)39(31-20-8-3-9-21-31)38-36-26-13-11-24-34(36)33-23-10-12-25-35(33)37(38)29-17-6-2-7-18-29/h1-27H. The van der Waals surface area contributed by atoms with Gasteiger partial charge in [-0.3, -0.25) is 0 Å². The van der Waals surface area contributed by atoms with Gasteiger partial charge in [-0.05, 0) is 57.1 Å². The smallest absolute Gasteiger partial charge is 0.0624 e. The fourth-order valence-electron chi connectivity index (χ4n) is 5.69. The minimum Gasteiger partial charge on any atom is -0.309 e. The third-order valence-electron chi connectivity index (χ3n) is 7.42. The van der Waals surface area contributed by atoms with Crippen LogP contribution in [0.5, 0.6) is 0 Å². The Morgan fingerprint density at radius 3 is 1.44 bits per heavy atom. The number of hydrogen-bond donors (Lipinski definition) is 0. The van der Waals surface area contributed by atoms with Crippen molar-refractivity contribution in [2.45, 2.75) is 0 Å². The van der Waals surface area contributed by atoms with Crippen molar-refractivity contribution >= 4 is 38.6 Å². The van der Waals surface area contributed by atoms with E-state index in [4.69, 9.17) is 0 Å². The Labute approximate surface area is 229 Å². The monoisotopic (exact) mass is 497 g/mol. The van der Waals surface area contributed by atoms with Crippen LogP contribution in [0.3, 0.4) is 0 Å². The van der Waals surface area contributed by atoms with Crippen molar-refractivity contribution in [3.8, 4) is 22.3 Å². The second-order valence-corrected chi connectivity index (χ2v) is 9.77. The van der Waals surface area contributed by atoms with Gasteiger partial charge >= 0.3 is 0 Å². The number of para-hydroxylation sites is 1. The summed E-state index contributed by atoms with van der Waals surface area (Å²) >= 11 is 0. The molecule has 7 rings (SSSR count). The van der Waals surface area contributed by atoms with Crippen LogP contribution in [0.15, 0.2) is 164 Å². The number of anilines is 3. The zero-order valence-electron chi connectivity index (χ0n) is 21.5. The van der Waals surface area contributed by atoms with Crippen LogP contribution in [0.25, 0.3) is 43.8 Å². The van der Waals surface area contributed by atoms with E-state index in [1.807, 2.05) is 0 Å². The van der Waals surface area contributed by atoms with Crippen molar-refractivity contribution in [3.05, 3.63) is 164 Å². The van der Waals surface area contributed by atoms with Gasteiger partial charge in [0, 0.05) is 22.3 Å². The summed E-state index contributed by atoms with van der Waals surface area (Å²) in [6, 6.07) is 58.6. The molecule has 7 aromatic rings. The zero-order valence-corrected chi connectivity index (χ0v) is 21.5. The topological polar surface area (TPSA) is 3.24 Å². The summed E-state index contributed by atoms with van der Waals surface area (Å²) < 4.78 is 0. The molecule has 0 unspecified atom stereocenters. The van der Waals surface area contributed by atoms with E-state index in [1.54, 1.807) is 0 Å². The lowest BCUT2D eigenvalue weighted by atomic mass is 9.90. The van der Waals surface area contributed by atoms with E-state index in [0.717, 1.165) is 11.4 Å². The Balaban J connectivity index is 1.62. The molecule has 0 aliphatic carbocycles. The van der Waals surface area contributed by atoms with E-state index in [1.165, 1.54) is 49.5 Å². The van der Waals surface area contributed by atoms with Gasteiger partial charge in [0.25, 0.3) is 0 Å². The Kier molecular flexibility index (Phi) is 5.88. The molecule has 0 aliphatic heterocycles. The fraction of sp³-hybridized carbons (Fsp3) is 0. The summed E-state index contributed by atoms with van der Waals surface area (Å²) in [4.78, 5) is 2.43. The van der Waals surface area contributed by atoms with Crippen LogP contribution in [0.4, 0.5) is 17.1 Å². The van der Waals surface area contributed by atoms with E-state index < -0.39 is 0 Å². The van der Waals surface area contributed by atoms with E-state index in [9.17, 15) is 0 Å². The quantitative estimate of drug-likeness (QED) is 0.214. The van der Waals surface area contributed by atoms with Crippen LogP contribution in [-0.4, -0.2) is 0 Å². The molecular weight excluding hydrogens is 470 g/mol. The SMILES string of the molecule is c1ccc(-c2cccc(N(c3ccccc3)c3c(-c4ccccc4)c4ccccc4c4ccccc34)c2)cc1. The maximum atomic E-state index is 2.43. The minimum atomic E-state index is 1.13. The van der Waals surface area contributed by atoms with Crippen molar-refractivity contribution in [3.63, 3.8) is 0 Å². The number of nitrogens with zero attached hydrogens (tertiary/aromatic N) is 1. The zero-order chi connectivity index (χ0) is 26.0. The Bertz CT molecular complexity index is 1890. The molecule has 0 aliphatic rings. The predicted molar refractivity (Wildman–Crippen MR) is 167 cm³/mol. The first-order valence-corrected chi connectivity index (χ1v) is 13.4. The van der Waals surface area contributed by atoms with Gasteiger partial charge in [0.1, 0.15) is 0 Å². The highest BCUT2D eigenvalue weighted by Gasteiger charge is 2.23. The van der Waals surface area contributed by atoms with E-state index in [2.05, 4.69) is 169 Å². The second kappa shape index (κ2) is 9.96. The van der Waals surface area contributed by atoms with E-state index in [-0.39, 0.29) is 0 Å². The van der Waals surface area contributed by atoms with Crippen LogP contribution in [0, 0.1) is 0 Å². The largest absolute Gasteiger partial charge is 0.309 e. The number of rotatable bonds is 5. The Morgan fingerprint density at radius 2 is 0.769 bits per heavy atom. The summed E-state index contributed by atoms with van der Waals surface area (Å²) in [6.07, 6.45) is 0. The lowest BCUT2D eigenvalue weighted by molar-refractivity contribution is 1.30. The first kappa shape index (κ1) is 23.0. The molecule has 184 valence electrons. The molecule has 0 fully saturated rings. The number of hydrogen-bond acceptors (Lipinski definition) is 1. The first-order valence-electron chi connectivity index (χ1n) is 13.4. The Hall–Kier alpha value is -5.14. The summed E-state index contributed by atoms with van der Waals surface area (Å²) in [6.45, 7) is 0. The van der Waals surface area contributed by atoms with Crippen LogP contribution < -0.4 is 4.90 Å². The summed E-state index contributed by atoms with van der Waals surface area (Å²) in [5.41, 5.74) is 8.28. The highest BCUT2D eigenvalue weighted by molar-refractivity contribution is 6.22. The van der Waals surface area contributed by atoms with Crippen LogP contribution >= 0.6 is 0 Å². The lowest BCUT2D eigenvalue weighted by Gasteiger charge is -2.31. The molecule has 0 radical (unpaired) electrons. The van der Waals surface area contributed by atoms with Crippen molar-refractivity contribution in [1.82, 2.24) is 0 Å².